The SMILES string of the molecule is CN1C(=O)COc2ccc(C(CC#N)N(C)C)cc21. The number of amides is 1. The minimum absolute atomic E-state index is 0.0146. The van der Waals surface area contributed by atoms with Gasteiger partial charge in [0.25, 0.3) is 5.91 Å². The van der Waals surface area contributed by atoms with Gasteiger partial charge < -0.3 is 14.5 Å². The monoisotopic (exact) mass is 259 g/mol. The molecule has 2 rings (SSSR count). The van der Waals surface area contributed by atoms with Crippen molar-refractivity contribution in [2.75, 3.05) is 32.6 Å². The molecule has 1 heterocycles. The summed E-state index contributed by atoms with van der Waals surface area (Å²) in [5.74, 6) is 0.645. The van der Waals surface area contributed by atoms with Crippen LogP contribution in [0.3, 0.4) is 0 Å². The van der Waals surface area contributed by atoms with E-state index < -0.39 is 0 Å². The second-order valence-electron chi connectivity index (χ2n) is 4.81. The fourth-order valence-electron chi connectivity index (χ4n) is 2.18. The fourth-order valence-corrected chi connectivity index (χ4v) is 2.18. The first-order valence-electron chi connectivity index (χ1n) is 6.11. The number of benzene rings is 1. The summed E-state index contributed by atoms with van der Waals surface area (Å²) >= 11 is 0. The third-order valence-electron chi connectivity index (χ3n) is 3.36. The molecule has 1 amide bonds. The molecule has 1 aliphatic rings. The standard InChI is InChI=1S/C14H17N3O2/c1-16(2)11(6-7-15)10-4-5-13-12(8-10)17(3)14(18)9-19-13/h4-5,8,11H,6,9H2,1-3H3. The Morgan fingerprint density at radius 2 is 2.26 bits per heavy atom. The van der Waals surface area contributed by atoms with Gasteiger partial charge in [-0.15, -0.1) is 0 Å². The molecule has 0 N–H and O–H groups in total. The molecule has 0 aliphatic carbocycles. The quantitative estimate of drug-likeness (QED) is 0.826. The second kappa shape index (κ2) is 5.29. The van der Waals surface area contributed by atoms with Crippen molar-refractivity contribution < 1.29 is 9.53 Å². The summed E-state index contributed by atoms with van der Waals surface area (Å²) in [5.41, 5.74) is 1.77. The molecule has 0 bridgehead atoms. The van der Waals surface area contributed by atoms with E-state index in [-0.39, 0.29) is 18.6 Å². The van der Waals surface area contributed by atoms with Crippen molar-refractivity contribution in [3.05, 3.63) is 23.8 Å². The Morgan fingerprint density at radius 3 is 2.89 bits per heavy atom. The van der Waals surface area contributed by atoms with Crippen molar-refractivity contribution in [2.24, 2.45) is 0 Å². The van der Waals surface area contributed by atoms with Crippen LogP contribution in [0, 0.1) is 11.3 Å². The van der Waals surface area contributed by atoms with E-state index in [0.717, 1.165) is 11.3 Å². The van der Waals surface area contributed by atoms with Gasteiger partial charge in [-0.1, -0.05) is 6.07 Å². The zero-order chi connectivity index (χ0) is 14.0. The highest BCUT2D eigenvalue weighted by molar-refractivity contribution is 5.97. The highest BCUT2D eigenvalue weighted by Crippen LogP contribution is 2.35. The van der Waals surface area contributed by atoms with E-state index in [1.165, 1.54) is 0 Å². The Hall–Kier alpha value is -2.06. The largest absolute Gasteiger partial charge is 0.482 e. The first-order valence-corrected chi connectivity index (χ1v) is 6.11. The number of likely N-dealkylation sites (N-methyl/N-ethyl adjacent to an activating group) is 1. The topological polar surface area (TPSA) is 56.6 Å². The van der Waals surface area contributed by atoms with Crippen molar-refractivity contribution in [1.82, 2.24) is 4.90 Å². The van der Waals surface area contributed by atoms with Gasteiger partial charge in [0.15, 0.2) is 6.61 Å². The van der Waals surface area contributed by atoms with Gasteiger partial charge >= 0.3 is 0 Å². The summed E-state index contributed by atoms with van der Waals surface area (Å²) in [5, 5.41) is 8.91. The summed E-state index contributed by atoms with van der Waals surface area (Å²) in [6, 6.07) is 7.95. The summed E-state index contributed by atoms with van der Waals surface area (Å²) in [4.78, 5) is 15.2. The normalized spacial score (nSPS) is 15.7. The molecule has 100 valence electrons. The fraction of sp³-hybridized carbons (Fsp3) is 0.429. The molecule has 0 radical (unpaired) electrons. The lowest BCUT2D eigenvalue weighted by atomic mass is 10.0. The molecule has 19 heavy (non-hydrogen) atoms. The van der Waals surface area contributed by atoms with Gasteiger partial charge in [-0.2, -0.15) is 5.26 Å². The van der Waals surface area contributed by atoms with Gasteiger partial charge in [-0.05, 0) is 31.8 Å². The number of fused-ring (bicyclic) bond motifs is 1. The molecule has 5 nitrogen and oxygen atoms in total. The predicted octanol–water partition coefficient (Wildman–Crippen LogP) is 1.56. The molecule has 1 aliphatic heterocycles. The van der Waals surface area contributed by atoms with Crippen LogP contribution in [0.5, 0.6) is 5.75 Å². The van der Waals surface area contributed by atoms with Crippen molar-refractivity contribution in [3.63, 3.8) is 0 Å². The number of rotatable bonds is 3. The number of carbonyl (C=O) groups is 1. The lowest BCUT2D eigenvalue weighted by Crippen LogP contribution is -2.35. The van der Waals surface area contributed by atoms with Crippen LogP contribution in [-0.4, -0.2) is 38.6 Å². The van der Waals surface area contributed by atoms with Crippen molar-refractivity contribution in [2.45, 2.75) is 12.5 Å². The van der Waals surface area contributed by atoms with Crippen molar-refractivity contribution >= 4 is 11.6 Å². The van der Waals surface area contributed by atoms with E-state index in [4.69, 9.17) is 10.00 Å². The highest BCUT2D eigenvalue weighted by Gasteiger charge is 2.24. The average Bonchev–Trinajstić information content (AvgIpc) is 2.40. The maximum Gasteiger partial charge on any atom is 0.264 e. The number of hydrogen-bond donors (Lipinski definition) is 0. The minimum atomic E-state index is -0.0636. The minimum Gasteiger partial charge on any atom is -0.482 e. The van der Waals surface area contributed by atoms with E-state index in [1.807, 2.05) is 37.2 Å². The molecule has 5 heteroatoms. The summed E-state index contributed by atoms with van der Waals surface area (Å²) in [6.07, 6.45) is 0.407. The first kappa shape index (κ1) is 13.4. The number of anilines is 1. The van der Waals surface area contributed by atoms with Crippen LogP contribution in [0.25, 0.3) is 0 Å². The van der Waals surface area contributed by atoms with Crippen LogP contribution in [0.1, 0.15) is 18.0 Å². The zero-order valence-corrected chi connectivity index (χ0v) is 11.4. The van der Waals surface area contributed by atoms with Gasteiger partial charge in [0.05, 0.1) is 18.2 Å². The summed E-state index contributed by atoms with van der Waals surface area (Å²) in [7, 11) is 5.61. The smallest absolute Gasteiger partial charge is 0.264 e. The zero-order valence-electron chi connectivity index (χ0n) is 11.4. The van der Waals surface area contributed by atoms with E-state index in [0.29, 0.717) is 12.2 Å². The number of carbonyl (C=O) groups excluding carboxylic acids is 1. The molecule has 0 spiro atoms. The van der Waals surface area contributed by atoms with Crippen LogP contribution >= 0.6 is 0 Å². The lowest BCUT2D eigenvalue weighted by Gasteiger charge is -2.28. The Bertz CT molecular complexity index is 534. The molecule has 1 unspecified atom stereocenters. The van der Waals surface area contributed by atoms with Crippen molar-refractivity contribution in [3.8, 4) is 11.8 Å². The lowest BCUT2D eigenvalue weighted by molar-refractivity contribution is -0.120. The molecule has 0 aromatic heterocycles. The van der Waals surface area contributed by atoms with Crippen LogP contribution in [0.4, 0.5) is 5.69 Å². The second-order valence-corrected chi connectivity index (χ2v) is 4.81. The van der Waals surface area contributed by atoms with E-state index in [9.17, 15) is 4.79 Å². The number of nitrogens with zero attached hydrogens (tertiary/aromatic N) is 3. The number of ether oxygens (including phenoxy) is 1. The first-order chi connectivity index (χ1) is 9.04. The average molecular weight is 259 g/mol. The van der Waals surface area contributed by atoms with E-state index in [2.05, 4.69) is 6.07 Å². The maximum absolute atomic E-state index is 11.6. The number of hydrogen-bond acceptors (Lipinski definition) is 4. The molecule has 0 saturated heterocycles. The summed E-state index contributed by atoms with van der Waals surface area (Å²) in [6.45, 7) is 0.0815. The molecular formula is C14H17N3O2. The highest BCUT2D eigenvalue weighted by atomic mass is 16.5. The van der Waals surface area contributed by atoms with Crippen LogP contribution < -0.4 is 9.64 Å². The van der Waals surface area contributed by atoms with Crippen LogP contribution in [0.15, 0.2) is 18.2 Å². The Labute approximate surface area is 113 Å². The molecular weight excluding hydrogens is 242 g/mol. The Morgan fingerprint density at radius 1 is 1.53 bits per heavy atom. The third-order valence-corrected chi connectivity index (χ3v) is 3.36. The van der Waals surface area contributed by atoms with E-state index >= 15 is 0 Å². The number of nitriles is 1. The molecule has 0 saturated carbocycles. The van der Waals surface area contributed by atoms with Crippen LogP contribution in [-0.2, 0) is 4.79 Å². The molecule has 1 aromatic rings. The van der Waals surface area contributed by atoms with Gasteiger partial charge in [-0.25, -0.2) is 0 Å². The molecule has 1 atom stereocenters. The van der Waals surface area contributed by atoms with Gasteiger partial charge in [0.1, 0.15) is 5.75 Å². The molecule has 1 aromatic carbocycles. The Kier molecular flexibility index (Phi) is 3.72. The third kappa shape index (κ3) is 2.54. The predicted molar refractivity (Wildman–Crippen MR) is 72.0 cm³/mol. The molecule has 0 fully saturated rings. The van der Waals surface area contributed by atoms with Gasteiger partial charge in [0.2, 0.25) is 0 Å². The van der Waals surface area contributed by atoms with Gasteiger partial charge in [-0.3, -0.25) is 4.79 Å². The summed E-state index contributed by atoms with van der Waals surface area (Å²) < 4.78 is 5.39. The van der Waals surface area contributed by atoms with Gasteiger partial charge in [0, 0.05) is 13.1 Å². The Balaban J connectivity index is 2.39. The van der Waals surface area contributed by atoms with Crippen LogP contribution in [0.2, 0.25) is 0 Å². The van der Waals surface area contributed by atoms with Crippen molar-refractivity contribution in [1.29, 1.82) is 5.26 Å². The van der Waals surface area contributed by atoms with E-state index in [1.54, 1.807) is 11.9 Å². The maximum atomic E-state index is 11.6.